The van der Waals surface area contributed by atoms with Gasteiger partial charge in [-0.05, 0) is 54.9 Å². The summed E-state index contributed by atoms with van der Waals surface area (Å²) in [6.07, 6.45) is 1.76. The fourth-order valence-electron chi connectivity index (χ4n) is 2.96. The van der Waals surface area contributed by atoms with Gasteiger partial charge in [-0.2, -0.15) is 0 Å². The number of carbonyl (C=O) groups is 2. The first kappa shape index (κ1) is 31.6. The van der Waals surface area contributed by atoms with E-state index in [4.69, 9.17) is 29.0 Å². The highest BCUT2D eigenvalue weighted by Crippen LogP contribution is 2.48. The van der Waals surface area contributed by atoms with Crippen molar-refractivity contribution in [2.45, 2.75) is 67.0 Å². The Labute approximate surface area is 221 Å². The molecule has 0 radical (unpaired) electrons. The quantitative estimate of drug-likeness (QED) is 0.207. The molecule has 2 aromatic heterocycles. The van der Waals surface area contributed by atoms with Gasteiger partial charge < -0.3 is 29.6 Å². The Bertz CT molecular complexity index is 1100. The normalized spacial score (nSPS) is 14.3. The molecule has 0 bridgehead atoms. The van der Waals surface area contributed by atoms with Crippen LogP contribution in [-0.2, 0) is 37.4 Å². The van der Waals surface area contributed by atoms with Crippen LogP contribution in [0.3, 0.4) is 0 Å². The highest BCUT2D eigenvalue weighted by Gasteiger charge is 2.31. The van der Waals surface area contributed by atoms with E-state index in [2.05, 4.69) is 15.0 Å². The summed E-state index contributed by atoms with van der Waals surface area (Å²) in [4.78, 5) is 36.5. The third kappa shape index (κ3) is 9.28. The fraction of sp³-hybridized carbons (Fsp3) is 0.696. The fourth-order valence-corrected chi connectivity index (χ4v) is 3.94. The molecule has 0 saturated carbocycles. The number of esters is 2. The second-order valence-corrected chi connectivity index (χ2v) is 12.8. The average molecular weight is 560 g/mol. The third-order valence-electron chi connectivity index (χ3n) is 5.06. The molecule has 0 aliphatic rings. The van der Waals surface area contributed by atoms with Crippen molar-refractivity contribution >= 4 is 36.5 Å². The summed E-state index contributed by atoms with van der Waals surface area (Å²) in [6, 6.07) is -0.486. The van der Waals surface area contributed by atoms with Crippen molar-refractivity contribution in [2.75, 3.05) is 32.3 Å². The summed E-state index contributed by atoms with van der Waals surface area (Å²) in [5.74, 6) is -0.949. The molecule has 15 heteroatoms. The van der Waals surface area contributed by atoms with Crippen LogP contribution in [0.4, 0.5) is 5.82 Å². The number of aliphatic hydroxyl groups is 1. The van der Waals surface area contributed by atoms with Gasteiger partial charge in [0.1, 0.15) is 18.2 Å². The SMILES string of the molecule is CC(O)CC(COCP(=O)(OCOC(=O)C(C)(C)C)OCOC(=O)C(C)(C)C)n1cnc2c(N)ncnc21. The number of rotatable bonds is 13. The smallest absolute Gasteiger partial charge is 0.361 e. The minimum atomic E-state index is -4.07. The molecule has 2 heterocycles. The van der Waals surface area contributed by atoms with E-state index in [0.717, 1.165) is 0 Å². The molecule has 0 aliphatic carbocycles. The summed E-state index contributed by atoms with van der Waals surface area (Å²) in [7, 11) is -4.07. The lowest BCUT2D eigenvalue weighted by atomic mass is 9.98. The maximum atomic E-state index is 13.4. The van der Waals surface area contributed by atoms with Crippen molar-refractivity contribution in [3.05, 3.63) is 12.7 Å². The van der Waals surface area contributed by atoms with Crippen LogP contribution in [0.5, 0.6) is 0 Å². The molecular formula is C23H38N5O9P. The lowest BCUT2D eigenvalue weighted by Gasteiger charge is -2.24. The van der Waals surface area contributed by atoms with Gasteiger partial charge in [0.25, 0.3) is 0 Å². The van der Waals surface area contributed by atoms with Crippen LogP contribution in [0.2, 0.25) is 0 Å². The van der Waals surface area contributed by atoms with Crippen LogP contribution in [0, 0.1) is 10.8 Å². The molecule has 2 rings (SSSR count). The molecule has 2 unspecified atom stereocenters. The predicted molar refractivity (Wildman–Crippen MR) is 136 cm³/mol. The van der Waals surface area contributed by atoms with Crippen molar-refractivity contribution in [3.8, 4) is 0 Å². The number of hydrogen-bond donors (Lipinski definition) is 2. The van der Waals surface area contributed by atoms with Gasteiger partial charge in [0.15, 0.2) is 11.5 Å². The van der Waals surface area contributed by atoms with Gasteiger partial charge in [0, 0.05) is 0 Å². The molecule has 0 saturated heterocycles. The summed E-state index contributed by atoms with van der Waals surface area (Å²) in [5.41, 5.74) is 5.09. The molecule has 38 heavy (non-hydrogen) atoms. The van der Waals surface area contributed by atoms with E-state index >= 15 is 0 Å². The Morgan fingerprint density at radius 3 is 2.08 bits per heavy atom. The van der Waals surface area contributed by atoms with Crippen molar-refractivity contribution < 1.29 is 42.5 Å². The lowest BCUT2D eigenvalue weighted by Crippen LogP contribution is -2.25. The minimum absolute atomic E-state index is 0.0550. The van der Waals surface area contributed by atoms with E-state index in [1.807, 2.05) is 0 Å². The van der Waals surface area contributed by atoms with Crippen LogP contribution in [0.25, 0.3) is 11.2 Å². The second-order valence-electron chi connectivity index (χ2n) is 10.8. The van der Waals surface area contributed by atoms with E-state index in [-0.39, 0.29) is 18.8 Å². The number of imidazole rings is 1. The molecular weight excluding hydrogens is 521 g/mol. The Morgan fingerprint density at radius 2 is 1.58 bits per heavy atom. The molecule has 0 aromatic carbocycles. The standard InChI is InChI=1S/C23H38N5O9P/c1-15(29)8-16(28-11-27-17-18(24)25-10-26-19(17)28)9-33-14-38(32,36-12-34-20(30)22(2,3)4)37-13-35-21(31)23(5,6)7/h10-11,15-16,29H,8-9,12-14H2,1-7H3,(H2,24,25,26). The second kappa shape index (κ2) is 12.9. The van der Waals surface area contributed by atoms with Gasteiger partial charge in [-0.15, -0.1) is 0 Å². The number of anilines is 1. The first-order chi connectivity index (χ1) is 17.5. The lowest BCUT2D eigenvalue weighted by molar-refractivity contribution is -0.162. The zero-order valence-corrected chi connectivity index (χ0v) is 23.8. The minimum Gasteiger partial charge on any atom is -0.438 e. The predicted octanol–water partition coefficient (Wildman–Crippen LogP) is 3.01. The maximum Gasteiger partial charge on any atom is 0.361 e. The Kier molecular flexibility index (Phi) is 10.8. The van der Waals surface area contributed by atoms with Crippen molar-refractivity contribution in [1.82, 2.24) is 19.5 Å². The van der Waals surface area contributed by atoms with Crippen LogP contribution < -0.4 is 5.73 Å². The Balaban J connectivity index is 2.12. The number of fused-ring (bicyclic) bond motifs is 1. The van der Waals surface area contributed by atoms with Crippen molar-refractivity contribution in [1.29, 1.82) is 0 Å². The topological polar surface area (TPSA) is 187 Å². The molecule has 0 aliphatic heterocycles. The monoisotopic (exact) mass is 559 g/mol. The number of hydrogen-bond acceptors (Lipinski definition) is 13. The zero-order chi connectivity index (χ0) is 28.7. The van der Waals surface area contributed by atoms with Crippen LogP contribution in [0.15, 0.2) is 12.7 Å². The molecule has 14 nitrogen and oxygen atoms in total. The number of nitrogens with zero attached hydrogens (tertiary/aromatic N) is 4. The molecule has 0 fully saturated rings. The van der Waals surface area contributed by atoms with Gasteiger partial charge in [0.2, 0.25) is 13.6 Å². The van der Waals surface area contributed by atoms with Crippen molar-refractivity contribution in [3.63, 3.8) is 0 Å². The average Bonchev–Trinajstić information content (AvgIpc) is 3.22. The summed E-state index contributed by atoms with van der Waals surface area (Å²) < 4.78 is 41.3. The number of ether oxygens (including phenoxy) is 3. The Morgan fingerprint density at radius 1 is 1.03 bits per heavy atom. The summed E-state index contributed by atoms with van der Waals surface area (Å²) >= 11 is 0. The molecule has 0 amide bonds. The number of carbonyl (C=O) groups excluding carboxylic acids is 2. The highest BCUT2D eigenvalue weighted by atomic mass is 31.2. The molecule has 2 aromatic rings. The van der Waals surface area contributed by atoms with Crippen LogP contribution in [-0.4, -0.2) is 69.2 Å². The van der Waals surface area contributed by atoms with E-state index in [9.17, 15) is 19.3 Å². The molecule has 3 N–H and O–H groups in total. The zero-order valence-electron chi connectivity index (χ0n) is 22.9. The van der Waals surface area contributed by atoms with Crippen molar-refractivity contribution in [2.24, 2.45) is 10.8 Å². The van der Waals surface area contributed by atoms with E-state index in [1.165, 1.54) is 12.7 Å². The van der Waals surface area contributed by atoms with Gasteiger partial charge in [-0.3, -0.25) is 23.2 Å². The Hall–Kier alpha value is -2.64. The number of nitrogen functional groups attached to an aromatic ring is 1. The largest absolute Gasteiger partial charge is 0.438 e. The molecule has 214 valence electrons. The van der Waals surface area contributed by atoms with Gasteiger partial charge in [0.05, 0.1) is 35.9 Å². The number of aromatic nitrogens is 4. The third-order valence-corrected chi connectivity index (χ3v) is 6.55. The number of nitrogens with two attached hydrogens (primary N) is 1. The first-order valence-electron chi connectivity index (χ1n) is 11.9. The van der Waals surface area contributed by atoms with Gasteiger partial charge in [-0.25, -0.2) is 15.0 Å². The van der Waals surface area contributed by atoms with Crippen LogP contribution >= 0.6 is 7.60 Å². The molecule has 2 atom stereocenters. The summed E-state index contributed by atoms with van der Waals surface area (Å²) in [5, 5.41) is 10.0. The maximum absolute atomic E-state index is 13.4. The van der Waals surface area contributed by atoms with E-state index < -0.39 is 62.4 Å². The number of aliphatic hydroxyl groups excluding tert-OH is 1. The van der Waals surface area contributed by atoms with Gasteiger partial charge >= 0.3 is 19.5 Å². The van der Waals surface area contributed by atoms with Gasteiger partial charge in [-0.1, -0.05) is 0 Å². The summed E-state index contributed by atoms with van der Waals surface area (Å²) in [6.45, 7) is 10.2. The van der Waals surface area contributed by atoms with E-state index in [0.29, 0.717) is 11.2 Å². The van der Waals surface area contributed by atoms with E-state index in [1.54, 1.807) is 53.0 Å². The van der Waals surface area contributed by atoms with Crippen LogP contribution in [0.1, 0.15) is 60.9 Å². The highest BCUT2D eigenvalue weighted by molar-refractivity contribution is 7.53. The molecule has 0 spiro atoms. The first-order valence-corrected chi connectivity index (χ1v) is 13.7.